The minimum atomic E-state index is -0.102. The summed E-state index contributed by atoms with van der Waals surface area (Å²) in [6.07, 6.45) is 1.47. The van der Waals surface area contributed by atoms with Crippen LogP contribution in [0.25, 0.3) is 10.2 Å². The summed E-state index contributed by atoms with van der Waals surface area (Å²) in [5.74, 6) is 0.544. The minimum Gasteiger partial charge on any atom is -0.290 e. The van der Waals surface area contributed by atoms with Crippen molar-refractivity contribution < 1.29 is 4.79 Å². The van der Waals surface area contributed by atoms with Crippen LogP contribution >= 0.6 is 34.7 Å². The van der Waals surface area contributed by atoms with Gasteiger partial charge in [-0.3, -0.25) is 14.2 Å². The van der Waals surface area contributed by atoms with Crippen LogP contribution in [0.1, 0.15) is 21.5 Å². The average Bonchev–Trinajstić information content (AvgIpc) is 3.19. The van der Waals surface area contributed by atoms with Gasteiger partial charge in [-0.25, -0.2) is 9.97 Å². The average molecular weight is 428 g/mol. The van der Waals surface area contributed by atoms with E-state index in [1.807, 2.05) is 23.6 Å². The third-order valence-electron chi connectivity index (χ3n) is 4.22. The van der Waals surface area contributed by atoms with Crippen LogP contribution in [0.3, 0.4) is 0 Å². The Morgan fingerprint density at radius 2 is 1.89 bits per heavy atom. The number of ketones is 1. The van der Waals surface area contributed by atoms with Crippen molar-refractivity contribution in [3.63, 3.8) is 0 Å². The maximum atomic E-state index is 12.5. The lowest BCUT2D eigenvalue weighted by atomic mass is 10.0. The van der Waals surface area contributed by atoms with Gasteiger partial charge >= 0.3 is 0 Å². The summed E-state index contributed by atoms with van der Waals surface area (Å²) in [5.41, 5.74) is 2.82. The van der Waals surface area contributed by atoms with Crippen molar-refractivity contribution in [2.75, 3.05) is 0 Å². The van der Waals surface area contributed by atoms with E-state index >= 15 is 0 Å². The summed E-state index contributed by atoms with van der Waals surface area (Å²) in [4.78, 5) is 33.4. The van der Waals surface area contributed by atoms with Crippen molar-refractivity contribution in [1.29, 1.82) is 0 Å². The number of nitrogens with zero attached hydrogens (tertiary/aromatic N) is 3. The molecule has 0 saturated carbocycles. The number of rotatable bonds is 5. The molecule has 0 amide bonds. The second-order valence-corrected chi connectivity index (χ2v) is 8.32. The number of thioether (sulfide) groups is 1. The van der Waals surface area contributed by atoms with Crippen molar-refractivity contribution in [3.05, 3.63) is 86.2 Å². The standard InChI is InChI=1S/C20H14ClN3O2S2/c1-24-19(26)18-15(8-9-27-18)23-20(24)28-11-12-2-4-13(5-3-12)17(25)14-6-7-16(21)22-10-14/h2-10H,11H2,1H3. The second kappa shape index (κ2) is 7.87. The quantitative estimate of drug-likeness (QED) is 0.202. The van der Waals surface area contributed by atoms with Gasteiger partial charge in [0.25, 0.3) is 5.56 Å². The molecule has 0 aliphatic carbocycles. The monoisotopic (exact) mass is 427 g/mol. The number of hydrogen-bond donors (Lipinski definition) is 0. The van der Waals surface area contributed by atoms with E-state index in [1.165, 1.54) is 29.3 Å². The molecule has 1 aromatic carbocycles. The molecule has 0 fully saturated rings. The molecule has 0 saturated heterocycles. The van der Waals surface area contributed by atoms with E-state index in [2.05, 4.69) is 9.97 Å². The number of pyridine rings is 1. The predicted octanol–water partition coefficient (Wildman–Crippen LogP) is 4.57. The first-order valence-electron chi connectivity index (χ1n) is 8.35. The van der Waals surface area contributed by atoms with Gasteiger partial charge in [-0.1, -0.05) is 47.6 Å². The van der Waals surface area contributed by atoms with Gasteiger partial charge in [0.1, 0.15) is 9.85 Å². The Bertz CT molecular complexity index is 1220. The summed E-state index contributed by atoms with van der Waals surface area (Å²) in [5, 5.41) is 2.90. The van der Waals surface area contributed by atoms with Crippen LogP contribution in [0.2, 0.25) is 5.15 Å². The number of halogens is 1. The zero-order valence-electron chi connectivity index (χ0n) is 14.8. The Balaban J connectivity index is 1.49. The number of thiophene rings is 1. The van der Waals surface area contributed by atoms with Crippen LogP contribution in [-0.4, -0.2) is 20.3 Å². The van der Waals surface area contributed by atoms with Gasteiger partial charge < -0.3 is 0 Å². The summed E-state index contributed by atoms with van der Waals surface area (Å²) in [6, 6.07) is 12.5. The van der Waals surface area contributed by atoms with E-state index in [9.17, 15) is 9.59 Å². The highest BCUT2D eigenvalue weighted by molar-refractivity contribution is 7.98. The molecular formula is C20H14ClN3O2S2. The molecule has 5 nitrogen and oxygen atoms in total. The summed E-state index contributed by atoms with van der Waals surface area (Å²) < 4.78 is 2.25. The Kier molecular flexibility index (Phi) is 5.30. The Morgan fingerprint density at radius 3 is 2.61 bits per heavy atom. The van der Waals surface area contributed by atoms with Gasteiger partial charge in [-0.05, 0) is 29.1 Å². The summed E-state index contributed by atoms with van der Waals surface area (Å²) in [6.45, 7) is 0. The third-order valence-corrected chi connectivity index (χ3v) is 6.44. The van der Waals surface area contributed by atoms with Crippen LogP contribution in [0.4, 0.5) is 0 Å². The van der Waals surface area contributed by atoms with E-state index in [0.717, 1.165) is 11.1 Å². The first-order chi connectivity index (χ1) is 13.5. The van der Waals surface area contributed by atoms with Crippen molar-refractivity contribution in [1.82, 2.24) is 14.5 Å². The molecule has 0 unspecified atom stereocenters. The lowest BCUT2D eigenvalue weighted by Gasteiger charge is -2.07. The van der Waals surface area contributed by atoms with E-state index in [1.54, 1.807) is 35.9 Å². The highest BCUT2D eigenvalue weighted by atomic mass is 35.5. The third kappa shape index (κ3) is 3.73. The summed E-state index contributed by atoms with van der Waals surface area (Å²) in [7, 11) is 1.73. The molecule has 0 aliphatic heterocycles. The van der Waals surface area contributed by atoms with E-state index < -0.39 is 0 Å². The zero-order valence-corrected chi connectivity index (χ0v) is 17.1. The van der Waals surface area contributed by atoms with Crippen LogP contribution in [0.5, 0.6) is 0 Å². The minimum absolute atomic E-state index is 0.0278. The molecule has 0 bridgehead atoms. The van der Waals surface area contributed by atoms with Gasteiger partial charge in [0, 0.05) is 30.1 Å². The van der Waals surface area contributed by atoms with E-state index in [4.69, 9.17) is 11.6 Å². The van der Waals surface area contributed by atoms with Crippen molar-refractivity contribution in [2.45, 2.75) is 10.9 Å². The van der Waals surface area contributed by atoms with E-state index in [0.29, 0.717) is 31.9 Å². The number of fused-ring (bicyclic) bond motifs is 1. The number of benzene rings is 1. The van der Waals surface area contributed by atoms with Gasteiger partial charge in [0.2, 0.25) is 0 Å². The molecule has 0 N–H and O–H groups in total. The molecule has 3 heterocycles. The lowest BCUT2D eigenvalue weighted by Crippen LogP contribution is -2.18. The molecule has 0 radical (unpaired) electrons. The number of hydrogen-bond acceptors (Lipinski definition) is 6. The van der Waals surface area contributed by atoms with Gasteiger partial charge in [-0.2, -0.15) is 0 Å². The van der Waals surface area contributed by atoms with Crippen LogP contribution < -0.4 is 5.56 Å². The van der Waals surface area contributed by atoms with Gasteiger partial charge in [0.15, 0.2) is 10.9 Å². The Morgan fingerprint density at radius 1 is 1.14 bits per heavy atom. The van der Waals surface area contributed by atoms with Crippen LogP contribution in [0.15, 0.2) is 64.0 Å². The first-order valence-corrected chi connectivity index (χ1v) is 10.6. The topological polar surface area (TPSA) is 64.8 Å². The number of carbonyl (C=O) groups excluding carboxylic acids is 1. The fourth-order valence-electron chi connectivity index (χ4n) is 2.67. The van der Waals surface area contributed by atoms with Crippen molar-refractivity contribution in [2.24, 2.45) is 7.05 Å². The second-order valence-electron chi connectivity index (χ2n) is 6.08. The number of carbonyl (C=O) groups is 1. The molecule has 3 aromatic heterocycles. The molecular weight excluding hydrogens is 414 g/mol. The molecule has 140 valence electrons. The highest BCUT2D eigenvalue weighted by Gasteiger charge is 2.12. The molecule has 8 heteroatoms. The normalized spacial score (nSPS) is 11.1. The Labute approximate surface area is 174 Å². The largest absolute Gasteiger partial charge is 0.290 e. The first kappa shape index (κ1) is 18.9. The van der Waals surface area contributed by atoms with Crippen molar-refractivity contribution >= 4 is 50.7 Å². The van der Waals surface area contributed by atoms with Crippen LogP contribution in [-0.2, 0) is 12.8 Å². The smallest absolute Gasteiger partial charge is 0.271 e. The van der Waals surface area contributed by atoms with Crippen LogP contribution in [0, 0.1) is 0 Å². The maximum absolute atomic E-state index is 12.5. The SMILES string of the molecule is Cn1c(SCc2ccc(C(=O)c3ccc(Cl)nc3)cc2)nc2ccsc2c1=O. The molecule has 0 spiro atoms. The molecule has 0 atom stereocenters. The fourth-order valence-corrected chi connectivity index (χ4v) is 4.52. The Hall–Kier alpha value is -2.48. The molecule has 0 aliphatic rings. The van der Waals surface area contributed by atoms with Crippen molar-refractivity contribution in [3.8, 4) is 0 Å². The highest BCUT2D eigenvalue weighted by Crippen LogP contribution is 2.23. The van der Waals surface area contributed by atoms with Gasteiger partial charge in [-0.15, -0.1) is 11.3 Å². The number of aromatic nitrogens is 3. The maximum Gasteiger partial charge on any atom is 0.271 e. The fraction of sp³-hybridized carbons (Fsp3) is 0.100. The zero-order chi connectivity index (χ0) is 19.7. The van der Waals surface area contributed by atoms with Gasteiger partial charge in [0.05, 0.1) is 5.52 Å². The molecule has 4 aromatic rings. The molecule has 4 rings (SSSR count). The lowest BCUT2D eigenvalue weighted by molar-refractivity contribution is 0.103. The summed E-state index contributed by atoms with van der Waals surface area (Å²) >= 11 is 8.66. The molecule has 28 heavy (non-hydrogen) atoms. The van der Waals surface area contributed by atoms with E-state index in [-0.39, 0.29) is 11.3 Å². The predicted molar refractivity (Wildman–Crippen MR) is 114 cm³/mol.